The van der Waals surface area contributed by atoms with E-state index >= 15 is 0 Å². The minimum absolute atomic E-state index is 0.108. The van der Waals surface area contributed by atoms with Crippen molar-refractivity contribution in [1.29, 1.82) is 0 Å². The third-order valence-corrected chi connectivity index (χ3v) is 2.53. The summed E-state index contributed by atoms with van der Waals surface area (Å²) in [6, 6.07) is 0. The fourth-order valence-electron chi connectivity index (χ4n) is 1.24. The van der Waals surface area contributed by atoms with Crippen molar-refractivity contribution in [3.05, 3.63) is 27.7 Å². The van der Waals surface area contributed by atoms with Crippen LogP contribution >= 0.6 is 15.9 Å². The highest BCUT2D eigenvalue weighted by Gasteiger charge is 2.22. The van der Waals surface area contributed by atoms with Crippen LogP contribution in [0.25, 0.3) is 0 Å². The number of carbonyl (C=O) groups excluding carboxylic acids is 1. The molecular weight excluding hydrogens is 303 g/mol. The van der Waals surface area contributed by atoms with Gasteiger partial charge in [0.05, 0.1) is 13.0 Å². The largest absolute Gasteiger partial charge is 0.466 e. The molecule has 0 aliphatic carbocycles. The molecule has 0 fully saturated rings. The van der Waals surface area contributed by atoms with Gasteiger partial charge >= 0.3 is 5.97 Å². The number of carbonyl (C=O) groups is 1. The molecule has 0 N–H and O–H groups in total. The van der Waals surface area contributed by atoms with Gasteiger partial charge in [-0.25, -0.2) is 18.2 Å². The smallest absolute Gasteiger partial charge is 0.310 e. The van der Waals surface area contributed by atoms with E-state index in [9.17, 15) is 18.0 Å². The van der Waals surface area contributed by atoms with E-state index in [1.54, 1.807) is 6.92 Å². The standard InChI is InChI=1S/C10H9BrF3NO2/c1-2-17-7(16)3-5-6(10(13)14)4-15-9(11)8(5)12/h4,10H,2-3H2,1H3. The fourth-order valence-corrected chi connectivity index (χ4v) is 1.58. The molecule has 0 bridgehead atoms. The Bertz CT molecular complexity index is 426. The van der Waals surface area contributed by atoms with Gasteiger partial charge in [-0.2, -0.15) is 0 Å². The summed E-state index contributed by atoms with van der Waals surface area (Å²) in [4.78, 5) is 14.6. The van der Waals surface area contributed by atoms with Crippen molar-refractivity contribution < 1.29 is 22.7 Å². The van der Waals surface area contributed by atoms with E-state index in [0.29, 0.717) is 0 Å². The molecule has 1 rings (SSSR count). The number of nitrogens with zero attached hydrogens (tertiary/aromatic N) is 1. The first-order chi connectivity index (χ1) is 7.97. The van der Waals surface area contributed by atoms with E-state index in [1.807, 2.05) is 0 Å². The molecule has 0 aliphatic rings. The molecule has 0 atom stereocenters. The average molecular weight is 312 g/mol. The lowest BCUT2D eigenvalue weighted by atomic mass is 10.1. The van der Waals surface area contributed by atoms with Crippen molar-refractivity contribution in [1.82, 2.24) is 4.98 Å². The third-order valence-electron chi connectivity index (χ3n) is 1.97. The van der Waals surface area contributed by atoms with Gasteiger partial charge in [0, 0.05) is 17.3 Å². The second-order valence-electron chi connectivity index (χ2n) is 3.08. The number of ether oxygens (including phenoxy) is 1. The lowest BCUT2D eigenvalue weighted by Crippen LogP contribution is -2.12. The number of hydrogen-bond donors (Lipinski definition) is 0. The molecule has 0 unspecified atom stereocenters. The van der Waals surface area contributed by atoms with Crippen molar-refractivity contribution in [2.75, 3.05) is 6.61 Å². The molecule has 1 aromatic rings. The normalized spacial score (nSPS) is 10.7. The van der Waals surface area contributed by atoms with Crippen LogP contribution in [0.3, 0.4) is 0 Å². The van der Waals surface area contributed by atoms with Gasteiger partial charge in [0.2, 0.25) is 0 Å². The van der Waals surface area contributed by atoms with Crippen LogP contribution in [0.2, 0.25) is 0 Å². The topological polar surface area (TPSA) is 39.2 Å². The molecule has 94 valence electrons. The first-order valence-corrected chi connectivity index (χ1v) is 5.53. The Hall–Kier alpha value is -1.11. The van der Waals surface area contributed by atoms with Crippen LogP contribution in [0.15, 0.2) is 10.8 Å². The van der Waals surface area contributed by atoms with Gasteiger partial charge in [0.15, 0.2) is 5.82 Å². The molecule has 3 nitrogen and oxygen atoms in total. The van der Waals surface area contributed by atoms with Gasteiger partial charge in [-0.15, -0.1) is 0 Å². The Morgan fingerprint density at radius 3 is 2.76 bits per heavy atom. The number of rotatable bonds is 4. The van der Waals surface area contributed by atoms with E-state index in [-0.39, 0.29) is 16.8 Å². The zero-order valence-corrected chi connectivity index (χ0v) is 10.4. The Morgan fingerprint density at radius 1 is 1.59 bits per heavy atom. The predicted molar refractivity (Wildman–Crippen MR) is 57.2 cm³/mol. The van der Waals surface area contributed by atoms with Crippen molar-refractivity contribution in [2.45, 2.75) is 19.8 Å². The number of hydrogen-bond acceptors (Lipinski definition) is 3. The number of halogens is 4. The van der Waals surface area contributed by atoms with Crippen LogP contribution < -0.4 is 0 Å². The summed E-state index contributed by atoms with van der Waals surface area (Å²) in [6.07, 6.45) is -2.60. The van der Waals surface area contributed by atoms with E-state index < -0.39 is 30.2 Å². The molecule has 0 saturated heterocycles. The molecule has 1 aromatic heterocycles. The first kappa shape index (κ1) is 14.0. The molecule has 17 heavy (non-hydrogen) atoms. The van der Waals surface area contributed by atoms with Crippen LogP contribution in [-0.2, 0) is 16.0 Å². The van der Waals surface area contributed by atoms with Gasteiger partial charge < -0.3 is 4.74 Å². The molecule has 0 spiro atoms. The maximum atomic E-state index is 13.6. The zero-order valence-electron chi connectivity index (χ0n) is 8.84. The lowest BCUT2D eigenvalue weighted by Gasteiger charge is -2.10. The highest BCUT2D eigenvalue weighted by molar-refractivity contribution is 9.10. The van der Waals surface area contributed by atoms with Crippen molar-refractivity contribution in [3.63, 3.8) is 0 Å². The summed E-state index contributed by atoms with van der Waals surface area (Å²) in [6.45, 7) is 1.68. The van der Waals surface area contributed by atoms with Crippen molar-refractivity contribution >= 4 is 21.9 Å². The van der Waals surface area contributed by atoms with Gasteiger partial charge in [0.1, 0.15) is 4.60 Å². The predicted octanol–water partition coefficient (Wildman–Crippen LogP) is 3.03. The summed E-state index contributed by atoms with van der Waals surface area (Å²) >= 11 is 2.78. The highest BCUT2D eigenvalue weighted by atomic mass is 79.9. The molecule has 0 saturated carbocycles. The molecule has 0 radical (unpaired) electrons. The molecular formula is C10H9BrF3NO2. The van der Waals surface area contributed by atoms with Gasteiger partial charge in [-0.05, 0) is 22.9 Å². The van der Waals surface area contributed by atoms with Gasteiger partial charge in [0.25, 0.3) is 6.43 Å². The molecule has 0 aromatic carbocycles. The van der Waals surface area contributed by atoms with Crippen molar-refractivity contribution in [2.24, 2.45) is 0 Å². The average Bonchev–Trinajstić information content (AvgIpc) is 2.25. The van der Waals surface area contributed by atoms with Crippen LogP contribution in [0.4, 0.5) is 13.2 Å². The SMILES string of the molecule is CCOC(=O)Cc1c(C(F)F)cnc(Br)c1F. The van der Waals surface area contributed by atoms with E-state index in [4.69, 9.17) is 0 Å². The highest BCUT2D eigenvalue weighted by Crippen LogP contribution is 2.28. The monoisotopic (exact) mass is 311 g/mol. The molecule has 1 heterocycles. The molecule has 0 amide bonds. The molecule has 7 heteroatoms. The Morgan fingerprint density at radius 2 is 2.24 bits per heavy atom. The number of esters is 1. The van der Waals surface area contributed by atoms with E-state index in [1.165, 1.54) is 0 Å². The van der Waals surface area contributed by atoms with E-state index in [2.05, 4.69) is 25.7 Å². The summed E-state index contributed by atoms with van der Waals surface area (Å²) < 4.78 is 43.2. The quantitative estimate of drug-likeness (QED) is 0.634. The second-order valence-corrected chi connectivity index (χ2v) is 3.83. The minimum Gasteiger partial charge on any atom is -0.466 e. The van der Waals surface area contributed by atoms with E-state index in [0.717, 1.165) is 6.20 Å². The summed E-state index contributed by atoms with van der Waals surface area (Å²) in [7, 11) is 0. The summed E-state index contributed by atoms with van der Waals surface area (Å²) in [5.41, 5.74) is -0.987. The Balaban J connectivity index is 3.10. The zero-order chi connectivity index (χ0) is 13.0. The number of aromatic nitrogens is 1. The Kier molecular flexibility index (Phi) is 4.92. The van der Waals surface area contributed by atoms with Crippen molar-refractivity contribution in [3.8, 4) is 0 Å². The summed E-state index contributed by atoms with van der Waals surface area (Å²) in [5, 5.41) is 0. The lowest BCUT2D eigenvalue weighted by molar-refractivity contribution is -0.142. The van der Waals surface area contributed by atoms with Gasteiger partial charge in [-0.3, -0.25) is 4.79 Å². The Labute approximate surface area is 104 Å². The maximum Gasteiger partial charge on any atom is 0.310 e. The molecule has 0 aliphatic heterocycles. The number of alkyl halides is 2. The minimum atomic E-state index is -2.89. The second kappa shape index (κ2) is 6.00. The maximum absolute atomic E-state index is 13.6. The van der Waals surface area contributed by atoms with Crippen LogP contribution in [-0.4, -0.2) is 17.6 Å². The fraction of sp³-hybridized carbons (Fsp3) is 0.400. The van der Waals surface area contributed by atoms with Crippen LogP contribution in [0.1, 0.15) is 24.5 Å². The third kappa shape index (κ3) is 3.42. The first-order valence-electron chi connectivity index (χ1n) is 4.73. The van der Waals surface area contributed by atoms with Crippen LogP contribution in [0.5, 0.6) is 0 Å². The van der Waals surface area contributed by atoms with Gasteiger partial charge in [-0.1, -0.05) is 0 Å². The number of pyridine rings is 1. The van der Waals surface area contributed by atoms with Crippen LogP contribution in [0, 0.1) is 5.82 Å². The summed E-state index contributed by atoms with van der Waals surface area (Å²) in [5.74, 6) is -1.72.